The molecule has 68 valence electrons. The van der Waals surface area contributed by atoms with Gasteiger partial charge in [0.25, 0.3) is 0 Å². The standard InChI is InChI=1S/C9H7Cl2NO/c10-7-3-6(4-12-8(7)11)9(5-13)1-2-9/h3-5H,1-2H2. The third kappa shape index (κ3) is 1.45. The minimum atomic E-state index is -0.318. The van der Waals surface area contributed by atoms with Crippen LogP contribution in [-0.4, -0.2) is 11.3 Å². The van der Waals surface area contributed by atoms with Gasteiger partial charge in [-0.1, -0.05) is 23.2 Å². The summed E-state index contributed by atoms with van der Waals surface area (Å²) in [4.78, 5) is 14.7. The van der Waals surface area contributed by atoms with E-state index >= 15 is 0 Å². The van der Waals surface area contributed by atoms with Gasteiger partial charge in [0.2, 0.25) is 0 Å². The molecule has 0 aliphatic heterocycles. The molecule has 0 atom stereocenters. The van der Waals surface area contributed by atoms with E-state index in [2.05, 4.69) is 4.98 Å². The van der Waals surface area contributed by atoms with E-state index in [1.54, 1.807) is 12.3 Å². The molecule has 0 bridgehead atoms. The number of halogens is 2. The zero-order valence-corrected chi connectivity index (χ0v) is 8.27. The smallest absolute Gasteiger partial charge is 0.147 e. The summed E-state index contributed by atoms with van der Waals surface area (Å²) >= 11 is 11.5. The second kappa shape index (κ2) is 2.96. The molecule has 0 aromatic carbocycles. The van der Waals surface area contributed by atoms with E-state index in [0.717, 1.165) is 24.7 Å². The highest BCUT2D eigenvalue weighted by Crippen LogP contribution is 2.46. The Labute approximate surface area is 85.9 Å². The maximum Gasteiger partial charge on any atom is 0.147 e. The summed E-state index contributed by atoms with van der Waals surface area (Å²) in [5.74, 6) is 0. The van der Waals surface area contributed by atoms with Gasteiger partial charge < -0.3 is 4.79 Å². The van der Waals surface area contributed by atoms with E-state index in [1.165, 1.54) is 0 Å². The zero-order valence-electron chi connectivity index (χ0n) is 6.76. The van der Waals surface area contributed by atoms with E-state index in [-0.39, 0.29) is 10.6 Å². The van der Waals surface area contributed by atoms with E-state index < -0.39 is 0 Å². The Balaban J connectivity index is 2.42. The molecule has 2 nitrogen and oxygen atoms in total. The summed E-state index contributed by atoms with van der Waals surface area (Å²) in [7, 11) is 0. The zero-order chi connectivity index (χ0) is 9.47. The molecule has 0 spiro atoms. The molecule has 0 amide bonds. The monoisotopic (exact) mass is 215 g/mol. The number of pyridine rings is 1. The molecule has 13 heavy (non-hydrogen) atoms. The van der Waals surface area contributed by atoms with Crippen molar-refractivity contribution in [1.82, 2.24) is 4.98 Å². The van der Waals surface area contributed by atoms with Crippen LogP contribution in [0.25, 0.3) is 0 Å². The van der Waals surface area contributed by atoms with Crippen molar-refractivity contribution < 1.29 is 4.79 Å². The second-order valence-electron chi connectivity index (χ2n) is 3.27. The number of carbonyl (C=O) groups is 1. The van der Waals surface area contributed by atoms with Crippen molar-refractivity contribution in [3.63, 3.8) is 0 Å². The Morgan fingerprint density at radius 3 is 2.62 bits per heavy atom. The Morgan fingerprint density at radius 1 is 1.46 bits per heavy atom. The van der Waals surface area contributed by atoms with Crippen molar-refractivity contribution in [2.45, 2.75) is 18.3 Å². The van der Waals surface area contributed by atoms with Crippen molar-refractivity contribution in [2.75, 3.05) is 0 Å². The molecule has 0 saturated heterocycles. The normalized spacial score (nSPS) is 18.3. The first-order valence-corrected chi connectivity index (χ1v) is 4.71. The molecule has 1 aliphatic rings. The molecule has 1 saturated carbocycles. The molecule has 0 N–H and O–H groups in total. The fraction of sp³-hybridized carbons (Fsp3) is 0.333. The van der Waals surface area contributed by atoms with Crippen molar-refractivity contribution in [3.05, 3.63) is 28.0 Å². The van der Waals surface area contributed by atoms with Crippen LogP contribution in [-0.2, 0) is 10.2 Å². The summed E-state index contributed by atoms with van der Waals surface area (Å²) in [5.41, 5.74) is 0.554. The van der Waals surface area contributed by atoms with Gasteiger partial charge in [0.05, 0.1) is 10.4 Å². The number of aldehydes is 1. The van der Waals surface area contributed by atoms with Crippen LogP contribution in [0.4, 0.5) is 0 Å². The van der Waals surface area contributed by atoms with E-state index in [1.807, 2.05) is 0 Å². The molecule has 1 aromatic heterocycles. The Kier molecular flexibility index (Phi) is 2.05. The molecule has 1 heterocycles. The third-order valence-corrected chi connectivity index (χ3v) is 3.07. The molecular weight excluding hydrogens is 209 g/mol. The van der Waals surface area contributed by atoms with Gasteiger partial charge in [-0.05, 0) is 24.5 Å². The van der Waals surface area contributed by atoms with Crippen LogP contribution in [0, 0.1) is 0 Å². The first-order chi connectivity index (χ1) is 6.18. The molecule has 0 radical (unpaired) electrons. The first kappa shape index (κ1) is 8.97. The SMILES string of the molecule is O=CC1(c2cnc(Cl)c(Cl)c2)CC1. The first-order valence-electron chi connectivity index (χ1n) is 3.96. The fourth-order valence-electron chi connectivity index (χ4n) is 1.30. The summed E-state index contributed by atoms with van der Waals surface area (Å²) < 4.78 is 0. The van der Waals surface area contributed by atoms with Gasteiger partial charge in [-0.25, -0.2) is 4.98 Å². The molecule has 1 aliphatic carbocycles. The lowest BCUT2D eigenvalue weighted by atomic mass is 10.0. The average Bonchev–Trinajstić information content (AvgIpc) is 2.90. The molecule has 1 aromatic rings. The van der Waals surface area contributed by atoms with Crippen LogP contribution in [0.5, 0.6) is 0 Å². The van der Waals surface area contributed by atoms with E-state index in [4.69, 9.17) is 23.2 Å². The lowest BCUT2D eigenvalue weighted by molar-refractivity contribution is -0.109. The number of rotatable bonds is 2. The quantitative estimate of drug-likeness (QED) is 0.561. The van der Waals surface area contributed by atoms with Gasteiger partial charge in [0.1, 0.15) is 11.4 Å². The van der Waals surface area contributed by atoms with E-state index in [0.29, 0.717) is 5.02 Å². The van der Waals surface area contributed by atoms with Crippen LogP contribution in [0.1, 0.15) is 18.4 Å². The summed E-state index contributed by atoms with van der Waals surface area (Å²) in [6.07, 6.45) is 4.36. The Morgan fingerprint density at radius 2 is 2.15 bits per heavy atom. The largest absolute Gasteiger partial charge is 0.302 e. The van der Waals surface area contributed by atoms with Gasteiger partial charge in [-0.2, -0.15) is 0 Å². The maximum absolute atomic E-state index is 10.8. The van der Waals surface area contributed by atoms with Crippen molar-refractivity contribution in [2.24, 2.45) is 0 Å². The predicted molar refractivity (Wildman–Crippen MR) is 51.2 cm³/mol. The molecule has 2 rings (SSSR count). The lowest BCUT2D eigenvalue weighted by Crippen LogP contribution is -2.08. The van der Waals surface area contributed by atoms with Crippen molar-refractivity contribution in [1.29, 1.82) is 0 Å². The van der Waals surface area contributed by atoms with Crippen LogP contribution in [0.2, 0.25) is 10.2 Å². The topological polar surface area (TPSA) is 30.0 Å². The second-order valence-corrected chi connectivity index (χ2v) is 4.04. The molecular formula is C9H7Cl2NO. The third-order valence-electron chi connectivity index (χ3n) is 2.39. The van der Waals surface area contributed by atoms with Crippen LogP contribution in [0.15, 0.2) is 12.3 Å². The predicted octanol–water partition coefficient (Wildman–Crippen LogP) is 2.62. The summed E-state index contributed by atoms with van der Waals surface area (Å²) in [6.45, 7) is 0. The fourth-order valence-corrected chi connectivity index (χ4v) is 1.57. The van der Waals surface area contributed by atoms with Gasteiger partial charge in [0, 0.05) is 6.20 Å². The summed E-state index contributed by atoms with van der Waals surface area (Å²) in [6, 6.07) is 1.72. The number of carbonyl (C=O) groups excluding carboxylic acids is 1. The highest BCUT2D eigenvalue weighted by molar-refractivity contribution is 6.41. The van der Waals surface area contributed by atoms with Gasteiger partial charge in [-0.15, -0.1) is 0 Å². The maximum atomic E-state index is 10.8. The number of aromatic nitrogens is 1. The van der Waals surface area contributed by atoms with Crippen molar-refractivity contribution in [3.8, 4) is 0 Å². The highest BCUT2D eigenvalue weighted by Gasteiger charge is 2.44. The number of hydrogen-bond acceptors (Lipinski definition) is 2. The van der Waals surface area contributed by atoms with Crippen molar-refractivity contribution >= 4 is 29.5 Å². The number of nitrogens with zero attached hydrogens (tertiary/aromatic N) is 1. The van der Waals surface area contributed by atoms with Gasteiger partial charge in [-0.3, -0.25) is 0 Å². The summed E-state index contributed by atoms with van der Waals surface area (Å²) in [5, 5.41) is 0.694. The van der Waals surface area contributed by atoms with Crippen LogP contribution >= 0.6 is 23.2 Å². The van der Waals surface area contributed by atoms with Gasteiger partial charge >= 0.3 is 0 Å². The Bertz CT molecular complexity index is 361. The highest BCUT2D eigenvalue weighted by atomic mass is 35.5. The molecule has 0 unspecified atom stereocenters. The number of hydrogen-bond donors (Lipinski definition) is 0. The van der Waals surface area contributed by atoms with Crippen LogP contribution < -0.4 is 0 Å². The minimum absolute atomic E-state index is 0.284. The Hall–Kier alpha value is -0.600. The lowest BCUT2D eigenvalue weighted by Gasteiger charge is -2.06. The van der Waals surface area contributed by atoms with Gasteiger partial charge in [0.15, 0.2) is 0 Å². The molecule has 4 heteroatoms. The van der Waals surface area contributed by atoms with Crippen LogP contribution in [0.3, 0.4) is 0 Å². The minimum Gasteiger partial charge on any atom is -0.302 e. The molecule has 1 fully saturated rings. The van der Waals surface area contributed by atoms with E-state index in [9.17, 15) is 4.79 Å². The average molecular weight is 216 g/mol.